The van der Waals surface area contributed by atoms with E-state index in [4.69, 9.17) is 0 Å². The topological polar surface area (TPSA) is 15.6 Å². The Hall–Kier alpha value is -0.370. The van der Waals surface area contributed by atoms with E-state index in [1.807, 2.05) is 7.05 Å². The number of aliphatic imine (C=N–C) groups is 1. The van der Waals surface area contributed by atoms with Crippen molar-refractivity contribution in [3.05, 3.63) is 0 Å². The van der Waals surface area contributed by atoms with Gasteiger partial charge in [-0.1, -0.05) is 19.3 Å². The summed E-state index contributed by atoms with van der Waals surface area (Å²) in [7, 11) is 1.92. The van der Waals surface area contributed by atoms with Crippen molar-refractivity contribution < 1.29 is 0 Å². The second-order valence-corrected chi connectivity index (χ2v) is 5.48. The third-order valence-corrected chi connectivity index (χ3v) is 4.25. The minimum atomic E-state index is 0.765. The highest BCUT2D eigenvalue weighted by molar-refractivity contribution is 5.61. The number of hydrogen-bond donors (Lipinski definition) is 0. The first-order valence-electron chi connectivity index (χ1n) is 7.05. The molecule has 0 aromatic rings. The summed E-state index contributed by atoms with van der Waals surface area (Å²) in [4.78, 5) is 6.95. The van der Waals surface area contributed by atoms with E-state index >= 15 is 0 Å². The molecule has 1 unspecified atom stereocenters. The zero-order valence-corrected chi connectivity index (χ0v) is 10.7. The Morgan fingerprint density at radius 3 is 2.56 bits per heavy atom. The summed E-state index contributed by atoms with van der Waals surface area (Å²) < 4.78 is 0. The predicted octanol–water partition coefficient (Wildman–Crippen LogP) is 2.98. The van der Waals surface area contributed by atoms with E-state index in [-0.39, 0.29) is 0 Å². The van der Waals surface area contributed by atoms with Crippen molar-refractivity contribution in [3.8, 4) is 0 Å². The Bertz CT molecular complexity index is 219. The maximum Gasteiger partial charge on any atom is 0.0273 e. The summed E-state index contributed by atoms with van der Waals surface area (Å²) in [5, 5.41) is 0. The lowest BCUT2D eigenvalue weighted by molar-refractivity contribution is 0.158. The second-order valence-electron chi connectivity index (χ2n) is 5.48. The molecule has 0 amide bonds. The Morgan fingerprint density at radius 2 is 1.81 bits per heavy atom. The molecule has 2 nitrogen and oxygen atoms in total. The van der Waals surface area contributed by atoms with Crippen LogP contribution in [-0.4, -0.2) is 37.8 Å². The molecule has 1 aliphatic carbocycles. The molecule has 0 N–H and O–H groups in total. The number of likely N-dealkylation sites (tertiary alicyclic amines) is 1. The first kappa shape index (κ1) is 12.1. The Balaban J connectivity index is 1.84. The van der Waals surface area contributed by atoms with Gasteiger partial charge in [0.05, 0.1) is 0 Å². The lowest BCUT2D eigenvalue weighted by Crippen LogP contribution is -2.38. The summed E-state index contributed by atoms with van der Waals surface area (Å²) in [5.74, 6) is 1.65. The molecule has 2 heteroatoms. The fourth-order valence-electron chi connectivity index (χ4n) is 3.32. The van der Waals surface area contributed by atoms with Gasteiger partial charge in [0.25, 0.3) is 0 Å². The fourth-order valence-corrected chi connectivity index (χ4v) is 3.32. The molecule has 16 heavy (non-hydrogen) atoms. The van der Waals surface area contributed by atoms with Crippen LogP contribution in [0.2, 0.25) is 0 Å². The largest absolute Gasteiger partial charge is 0.303 e. The van der Waals surface area contributed by atoms with Gasteiger partial charge in [-0.05, 0) is 50.6 Å². The molecule has 2 fully saturated rings. The molecule has 0 radical (unpaired) electrons. The van der Waals surface area contributed by atoms with Crippen LogP contribution in [-0.2, 0) is 0 Å². The standard InChI is InChI=1S/C14H26N2/c1-15-11-13-7-3-4-8-14(13)12-16-9-5-2-6-10-16/h11,13-14H,2-10,12H2,1H3/t13?,14-/m1/s1. The van der Waals surface area contributed by atoms with Crippen LogP contribution in [0.5, 0.6) is 0 Å². The SMILES string of the molecule is CN=CC1CCCC[C@@H]1CN1CCCCC1. The second kappa shape index (κ2) is 6.39. The summed E-state index contributed by atoms with van der Waals surface area (Å²) in [6, 6.07) is 0. The van der Waals surface area contributed by atoms with E-state index in [1.54, 1.807) is 0 Å². The van der Waals surface area contributed by atoms with E-state index < -0.39 is 0 Å². The third-order valence-electron chi connectivity index (χ3n) is 4.25. The van der Waals surface area contributed by atoms with Crippen molar-refractivity contribution in [2.75, 3.05) is 26.7 Å². The molecule has 0 bridgehead atoms. The maximum absolute atomic E-state index is 4.26. The molecular formula is C14H26N2. The van der Waals surface area contributed by atoms with Gasteiger partial charge in [-0.2, -0.15) is 0 Å². The number of hydrogen-bond acceptors (Lipinski definition) is 2. The summed E-state index contributed by atoms with van der Waals surface area (Å²) >= 11 is 0. The molecule has 0 aromatic carbocycles. The monoisotopic (exact) mass is 222 g/mol. The number of nitrogens with zero attached hydrogens (tertiary/aromatic N) is 2. The minimum absolute atomic E-state index is 0.765. The molecule has 92 valence electrons. The van der Waals surface area contributed by atoms with Gasteiger partial charge >= 0.3 is 0 Å². The van der Waals surface area contributed by atoms with E-state index in [1.165, 1.54) is 64.6 Å². The molecule has 1 heterocycles. The van der Waals surface area contributed by atoms with E-state index in [9.17, 15) is 0 Å². The van der Waals surface area contributed by atoms with E-state index in [0.29, 0.717) is 0 Å². The zero-order chi connectivity index (χ0) is 11.2. The predicted molar refractivity (Wildman–Crippen MR) is 70.2 cm³/mol. The van der Waals surface area contributed by atoms with Gasteiger partial charge in [0.15, 0.2) is 0 Å². The van der Waals surface area contributed by atoms with Gasteiger partial charge < -0.3 is 9.89 Å². The smallest absolute Gasteiger partial charge is 0.0273 e. The van der Waals surface area contributed by atoms with Gasteiger partial charge in [-0.3, -0.25) is 0 Å². The lowest BCUT2D eigenvalue weighted by atomic mass is 9.79. The molecule has 1 saturated heterocycles. The van der Waals surface area contributed by atoms with Gasteiger partial charge in [-0.25, -0.2) is 0 Å². The van der Waals surface area contributed by atoms with Gasteiger partial charge in [0.2, 0.25) is 0 Å². The highest BCUT2D eigenvalue weighted by atomic mass is 15.1. The van der Waals surface area contributed by atoms with Crippen molar-refractivity contribution >= 4 is 6.21 Å². The number of piperidine rings is 1. The van der Waals surface area contributed by atoms with Crippen molar-refractivity contribution in [2.45, 2.75) is 44.9 Å². The molecule has 0 spiro atoms. The fraction of sp³-hybridized carbons (Fsp3) is 0.929. The van der Waals surface area contributed by atoms with E-state index in [0.717, 1.165) is 11.8 Å². The van der Waals surface area contributed by atoms with Crippen molar-refractivity contribution in [3.63, 3.8) is 0 Å². The lowest BCUT2D eigenvalue weighted by Gasteiger charge is -2.35. The molecule has 0 aromatic heterocycles. The molecule has 1 aliphatic heterocycles. The minimum Gasteiger partial charge on any atom is -0.303 e. The average molecular weight is 222 g/mol. The van der Waals surface area contributed by atoms with Crippen molar-refractivity contribution in [1.29, 1.82) is 0 Å². The van der Waals surface area contributed by atoms with Gasteiger partial charge in [0.1, 0.15) is 0 Å². The molecule has 2 atom stereocenters. The average Bonchev–Trinajstić information content (AvgIpc) is 2.33. The quantitative estimate of drug-likeness (QED) is 0.670. The summed E-state index contributed by atoms with van der Waals surface area (Å²) in [6.45, 7) is 4.01. The van der Waals surface area contributed by atoms with Crippen LogP contribution in [0.3, 0.4) is 0 Å². The summed E-state index contributed by atoms with van der Waals surface area (Å²) in [5.41, 5.74) is 0. The van der Waals surface area contributed by atoms with Crippen LogP contribution in [0.1, 0.15) is 44.9 Å². The molecule has 1 saturated carbocycles. The third kappa shape index (κ3) is 3.31. The van der Waals surface area contributed by atoms with Crippen LogP contribution in [0.4, 0.5) is 0 Å². The van der Waals surface area contributed by atoms with Gasteiger partial charge in [0, 0.05) is 19.8 Å². The molecule has 2 rings (SSSR count). The first-order valence-corrected chi connectivity index (χ1v) is 7.05. The first-order chi connectivity index (χ1) is 7.90. The Kier molecular flexibility index (Phi) is 4.83. The van der Waals surface area contributed by atoms with Crippen LogP contribution in [0, 0.1) is 11.8 Å². The number of rotatable bonds is 3. The van der Waals surface area contributed by atoms with Crippen LogP contribution in [0.25, 0.3) is 0 Å². The Labute approximate surface area is 100 Å². The van der Waals surface area contributed by atoms with Gasteiger partial charge in [-0.15, -0.1) is 0 Å². The highest BCUT2D eigenvalue weighted by Gasteiger charge is 2.25. The molecule has 2 aliphatic rings. The zero-order valence-electron chi connectivity index (χ0n) is 10.7. The maximum atomic E-state index is 4.26. The van der Waals surface area contributed by atoms with Crippen LogP contribution >= 0.6 is 0 Å². The van der Waals surface area contributed by atoms with E-state index in [2.05, 4.69) is 16.1 Å². The highest BCUT2D eigenvalue weighted by Crippen LogP contribution is 2.30. The Morgan fingerprint density at radius 1 is 1.06 bits per heavy atom. The molecular weight excluding hydrogens is 196 g/mol. The van der Waals surface area contributed by atoms with Crippen molar-refractivity contribution in [1.82, 2.24) is 4.90 Å². The van der Waals surface area contributed by atoms with Crippen molar-refractivity contribution in [2.24, 2.45) is 16.8 Å². The van der Waals surface area contributed by atoms with Crippen LogP contribution < -0.4 is 0 Å². The normalized spacial score (nSPS) is 33.3. The van der Waals surface area contributed by atoms with Crippen LogP contribution in [0.15, 0.2) is 4.99 Å². The summed E-state index contributed by atoms with van der Waals surface area (Å²) in [6.07, 6.45) is 12.1.